The van der Waals surface area contributed by atoms with Crippen LogP contribution in [-0.2, 0) is 21.3 Å². The van der Waals surface area contributed by atoms with Crippen molar-refractivity contribution >= 4 is 26.6 Å². The fourth-order valence-electron chi connectivity index (χ4n) is 3.51. The first-order chi connectivity index (χ1) is 15.0. The molecule has 4 aromatic rings. The van der Waals surface area contributed by atoms with Gasteiger partial charge >= 0.3 is 0 Å². The first-order valence-corrected chi connectivity index (χ1v) is 11.5. The molecule has 0 unspecified atom stereocenters. The van der Waals surface area contributed by atoms with Gasteiger partial charge < -0.3 is 4.74 Å². The molecule has 1 N–H and O–H groups in total. The van der Waals surface area contributed by atoms with Gasteiger partial charge in [-0.15, -0.1) is 0 Å². The van der Waals surface area contributed by atoms with Crippen LogP contribution in [0.5, 0.6) is 0 Å². The average Bonchev–Trinajstić information content (AvgIpc) is 3.35. The van der Waals surface area contributed by atoms with Crippen LogP contribution in [0.4, 0.5) is 5.69 Å². The number of para-hydroxylation sites is 1. The summed E-state index contributed by atoms with van der Waals surface area (Å²) in [5.74, 6) is 1.12. The molecular formula is C21H22N6O3S. The summed E-state index contributed by atoms with van der Waals surface area (Å²) in [5, 5.41) is 9.72. The Labute approximate surface area is 179 Å². The number of methoxy groups -OCH3 is 1. The van der Waals surface area contributed by atoms with Gasteiger partial charge in [0.2, 0.25) is 0 Å². The van der Waals surface area contributed by atoms with Gasteiger partial charge in [0.25, 0.3) is 10.0 Å². The van der Waals surface area contributed by atoms with E-state index in [1.807, 2.05) is 18.3 Å². The Morgan fingerprint density at radius 1 is 1.16 bits per heavy atom. The van der Waals surface area contributed by atoms with E-state index in [1.54, 1.807) is 40.9 Å². The molecule has 0 saturated heterocycles. The highest BCUT2D eigenvalue weighted by molar-refractivity contribution is 7.92. The lowest BCUT2D eigenvalue weighted by Crippen LogP contribution is -2.15. The van der Waals surface area contributed by atoms with E-state index >= 15 is 0 Å². The molecule has 1 aliphatic rings. The lowest BCUT2D eigenvalue weighted by atomic mass is 10.2. The molecule has 0 radical (unpaired) electrons. The third-order valence-electron chi connectivity index (χ3n) is 5.28. The maximum absolute atomic E-state index is 13.0. The van der Waals surface area contributed by atoms with Gasteiger partial charge in [-0.2, -0.15) is 10.2 Å². The monoisotopic (exact) mass is 438 g/mol. The molecule has 1 fully saturated rings. The fraction of sp³-hybridized carbons (Fsp3) is 0.286. The number of benzene rings is 1. The number of pyridine rings is 1. The maximum Gasteiger partial charge on any atom is 0.263 e. The third kappa shape index (κ3) is 3.91. The molecule has 1 saturated carbocycles. The van der Waals surface area contributed by atoms with Gasteiger partial charge in [-0.1, -0.05) is 12.1 Å². The Bertz CT molecular complexity index is 1320. The van der Waals surface area contributed by atoms with Crippen molar-refractivity contribution in [3.63, 3.8) is 0 Å². The molecule has 0 bridgehead atoms. The van der Waals surface area contributed by atoms with Crippen molar-refractivity contribution in [3.05, 3.63) is 60.7 Å². The van der Waals surface area contributed by atoms with Crippen molar-refractivity contribution in [2.75, 3.05) is 18.4 Å². The topological polar surface area (TPSA) is 104 Å². The van der Waals surface area contributed by atoms with Crippen molar-refractivity contribution in [2.45, 2.75) is 30.2 Å². The predicted molar refractivity (Wildman–Crippen MR) is 116 cm³/mol. The fourth-order valence-corrected chi connectivity index (χ4v) is 4.52. The number of hydrogen-bond acceptors (Lipinski definition) is 6. The number of anilines is 1. The van der Waals surface area contributed by atoms with E-state index in [0.29, 0.717) is 36.1 Å². The SMILES string of the molecule is COCCn1ncc2cccc(NS(=O)(=O)c3ccc(-n4ccc(C5CC5)n4)nc3)c21. The number of fused-ring (bicyclic) bond motifs is 1. The molecule has 5 rings (SSSR count). The van der Waals surface area contributed by atoms with Crippen LogP contribution in [-0.4, -0.2) is 46.7 Å². The minimum Gasteiger partial charge on any atom is -0.383 e. The number of nitrogens with zero attached hydrogens (tertiary/aromatic N) is 5. The molecular weight excluding hydrogens is 416 g/mol. The van der Waals surface area contributed by atoms with Gasteiger partial charge in [0.1, 0.15) is 4.90 Å². The second kappa shape index (κ2) is 7.78. The summed E-state index contributed by atoms with van der Waals surface area (Å²) in [6, 6.07) is 10.6. The summed E-state index contributed by atoms with van der Waals surface area (Å²) in [5.41, 5.74) is 2.21. The molecule has 31 heavy (non-hydrogen) atoms. The number of nitrogens with one attached hydrogen (secondary N) is 1. The molecule has 0 aliphatic heterocycles. The second-order valence-corrected chi connectivity index (χ2v) is 9.20. The number of sulfonamides is 1. The van der Waals surface area contributed by atoms with Gasteiger partial charge in [0, 0.05) is 30.8 Å². The standard InChI is InChI=1S/C21H22N6O3S/c1-30-12-11-27-21-16(13-23-27)3-2-4-19(21)25-31(28,29)17-7-8-20(22-14-17)26-10-9-18(24-26)15-5-6-15/h2-4,7-10,13-15,25H,5-6,11-12H2,1H3. The molecule has 10 heteroatoms. The van der Waals surface area contributed by atoms with Crippen LogP contribution in [0.15, 0.2) is 59.9 Å². The first-order valence-electron chi connectivity index (χ1n) is 10.0. The Kier molecular flexibility index (Phi) is 4.95. The van der Waals surface area contributed by atoms with E-state index in [1.165, 1.54) is 25.1 Å². The Morgan fingerprint density at radius 2 is 2.03 bits per heavy atom. The lowest BCUT2D eigenvalue weighted by Gasteiger charge is -2.11. The summed E-state index contributed by atoms with van der Waals surface area (Å²) < 4.78 is 37.2. The molecule has 0 amide bonds. The van der Waals surface area contributed by atoms with Crippen molar-refractivity contribution < 1.29 is 13.2 Å². The number of aromatic nitrogens is 5. The zero-order valence-corrected chi connectivity index (χ0v) is 17.8. The van der Waals surface area contributed by atoms with Gasteiger partial charge in [-0.05, 0) is 37.1 Å². The van der Waals surface area contributed by atoms with Gasteiger partial charge in [-0.25, -0.2) is 18.1 Å². The highest BCUT2D eigenvalue weighted by atomic mass is 32.2. The van der Waals surface area contributed by atoms with Crippen molar-refractivity contribution in [3.8, 4) is 5.82 Å². The largest absolute Gasteiger partial charge is 0.383 e. The van der Waals surface area contributed by atoms with Gasteiger partial charge in [0.15, 0.2) is 5.82 Å². The Morgan fingerprint density at radius 3 is 2.77 bits per heavy atom. The van der Waals surface area contributed by atoms with Crippen LogP contribution in [0.2, 0.25) is 0 Å². The van der Waals surface area contributed by atoms with Gasteiger partial charge in [0.05, 0.1) is 36.2 Å². The average molecular weight is 439 g/mol. The van der Waals surface area contributed by atoms with E-state index in [-0.39, 0.29) is 4.90 Å². The second-order valence-electron chi connectivity index (χ2n) is 7.52. The molecule has 1 aromatic carbocycles. The molecule has 9 nitrogen and oxygen atoms in total. The molecule has 3 heterocycles. The van der Waals surface area contributed by atoms with E-state index in [9.17, 15) is 8.42 Å². The molecule has 0 spiro atoms. The lowest BCUT2D eigenvalue weighted by molar-refractivity contribution is 0.185. The highest BCUT2D eigenvalue weighted by Gasteiger charge is 2.26. The third-order valence-corrected chi connectivity index (χ3v) is 6.63. The summed E-state index contributed by atoms with van der Waals surface area (Å²) >= 11 is 0. The Balaban J connectivity index is 1.41. The number of rotatable bonds is 8. The quantitative estimate of drug-likeness (QED) is 0.454. The minimum atomic E-state index is -3.83. The smallest absolute Gasteiger partial charge is 0.263 e. The normalized spacial score (nSPS) is 14.2. The molecule has 1 aliphatic carbocycles. The number of hydrogen-bond donors (Lipinski definition) is 1. The molecule has 0 atom stereocenters. The predicted octanol–water partition coefficient (Wildman–Crippen LogP) is 2.94. The minimum absolute atomic E-state index is 0.0748. The van der Waals surface area contributed by atoms with Crippen LogP contribution < -0.4 is 4.72 Å². The summed E-state index contributed by atoms with van der Waals surface area (Å²) in [4.78, 5) is 4.38. The van der Waals surface area contributed by atoms with Crippen molar-refractivity contribution in [1.82, 2.24) is 24.5 Å². The summed E-state index contributed by atoms with van der Waals surface area (Å²) in [6.45, 7) is 0.987. The van der Waals surface area contributed by atoms with Crippen LogP contribution in [0.25, 0.3) is 16.7 Å². The van der Waals surface area contributed by atoms with Crippen LogP contribution in [0, 0.1) is 0 Å². The van der Waals surface area contributed by atoms with Crippen LogP contribution >= 0.6 is 0 Å². The van der Waals surface area contributed by atoms with Crippen LogP contribution in [0.3, 0.4) is 0 Å². The van der Waals surface area contributed by atoms with Gasteiger partial charge in [-0.3, -0.25) is 9.40 Å². The van der Waals surface area contributed by atoms with Crippen molar-refractivity contribution in [1.29, 1.82) is 0 Å². The van der Waals surface area contributed by atoms with E-state index in [0.717, 1.165) is 11.1 Å². The van der Waals surface area contributed by atoms with Crippen LogP contribution in [0.1, 0.15) is 24.5 Å². The Hall–Kier alpha value is -3.24. The maximum atomic E-state index is 13.0. The van der Waals surface area contributed by atoms with Crippen molar-refractivity contribution in [2.24, 2.45) is 0 Å². The zero-order valence-electron chi connectivity index (χ0n) is 17.0. The first kappa shape index (κ1) is 19.7. The summed E-state index contributed by atoms with van der Waals surface area (Å²) in [6.07, 6.45) is 7.25. The number of ether oxygens (including phenoxy) is 1. The van der Waals surface area contributed by atoms with E-state index in [4.69, 9.17) is 4.74 Å². The summed E-state index contributed by atoms with van der Waals surface area (Å²) in [7, 11) is -2.22. The van der Waals surface area contributed by atoms with E-state index < -0.39 is 10.0 Å². The highest BCUT2D eigenvalue weighted by Crippen LogP contribution is 2.39. The van der Waals surface area contributed by atoms with E-state index in [2.05, 4.69) is 19.9 Å². The molecule has 160 valence electrons. The molecule has 3 aromatic heterocycles. The zero-order chi connectivity index (χ0) is 21.4.